The lowest BCUT2D eigenvalue weighted by atomic mass is 10.7. The third-order valence-electron chi connectivity index (χ3n) is 0.842. The molecule has 0 aliphatic heterocycles. The summed E-state index contributed by atoms with van der Waals surface area (Å²) in [5.74, 6) is 0. The molecule has 0 radical (unpaired) electrons. The van der Waals surface area contributed by atoms with Crippen LogP contribution in [-0.4, -0.2) is 23.2 Å². The summed E-state index contributed by atoms with van der Waals surface area (Å²) in [4.78, 5) is 0. The molecule has 44 valence electrons. The van der Waals surface area contributed by atoms with Crippen molar-refractivity contribution in [1.82, 2.24) is 10.4 Å². The van der Waals surface area contributed by atoms with Gasteiger partial charge in [-0.3, -0.25) is 5.43 Å². The molecule has 0 fully saturated rings. The van der Waals surface area contributed by atoms with Crippen LogP contribution in [0, 0.1) is 0 Å². The van der Waals surface area contributed by atoms with Gasteiger partial charge in [-0.25, -0.2) is 5.01 Å². The predicted molar refractivity (Wildman–Crippen MR) is 40.3 cm³/mol. The molecule has 3 heteroatoms. The van der Waals surface area contributed by atoms with E-state index in [0.29, 0.717) is 0 Å². The molecule has 2 nitrogen and oxygen atoms in total. The summed E-state index contributed by atoms with van der Waals surface area (Å²) in [6.07, 6.45) is 0. The molecule has 0 heterocycles. The SMILES string of the molecule is CCN(CI)NC. The Kier molecular flexibility index (Phi) is 5.25. The first-order chi connectivity index (χ1) is 3.35. The number of alkyl halides is 1. The highest BCUT2D eigenvalue weighted by Gasteiger charge is 1.89. The van der Waals surface area contributed by atoms with E-state index in [0.717, 1.165) is 11.1 Å². The van der Waals surface area contributed by atoms with Crippen molar-refractivity contribution in [1.29, 1.82) is 0 Å². The second-order valence-corrected chi connectivity index (χ2v) is 1.88. The summed E-state index contributed by atoms with van der Waals surface area (Å²) in [5.41, 5.74) is 3.03. The molecular formula is C4H11IN2. The van der Waals surface area contributed by atoms with Gasteiger partial charge in [0.2, 0.25) is 0 Å². The number of rotatable bonds is 3. The predicted octanol–water partition coefficient (Wildman–Crippen LogP) is 0.835. The highest BCUT2D eigenvalue weighted by molar-refractivity contribution is 14.1. The van der Waals surface area contributed by atoms with Crippen molar-refractivity contribution in [3.05, 3.63) is 0 Å². The lowest BCUT2D eigenvalue weighted by Gasteiger charge is -2.13. The van der Waals surface area contributed by atoms with Crippen molar-refractivity contribution in [3.63, 3.8) is 0 Å². The molecular weight excluding hydrogens is 203 g/mol. The van der Waals surface area contributed by atoms with Gasteiger partial charge in [0.05, 0.1) is 4.55 Å². The maximum atomic E-state index is 3.03. The number of hydrogen-bond acceptors (Lipinski definition) is 2. The minimum atomic E-state index is 1.05. The molecule has 0 saturated carbocycles. The quantitative estimate of drug-likeness (QED) is 0.324. The van der Waals surface area contributed by atoms with Crippen molar-refractivity contribution in [2.75, 3.05) is 18.1 Å². The van der Waals surface area contributed by atoms with Gasteiger partial charge in [0.1, 0.15) is 0 Å². The van der Waals surface area contributed by atoms with E-state index in [1.54, 1.807) is 0 Å². The van der Waals surface area contributed by atoms with Gasteiger partial charge in [-0.2, -0.15) is 0 Å². The molecule has 0 rings (SSSR count). The summed E-state index contributed by atoms with van der Waals surface area (Å²) < 4.78 is 1.05. The van der Waals surface area contributed by atoms with E-state index in [2.05, 4.69) is 39.9 Å². The molecule has 0 amide bonds. The van der Waals surface area contributed by atoms with Crippen LogP contribution in [-0.2, 0) is 0 Å². The fourth-order valence-corrected chi connectivity index (χ4v) is 1.13. The van der Waals surface area contributed by atoms with E-state index in [1.807, 2.05) is 7.05 Å². The molecule has 0 aliphatic rings. The van der Waals surface area contributed by atoms with Gasteiger partial charge in [0, 0.05) is 6.54 Å². The lowest BCUT2D eigenvalue weighted by Crippen LogP contribution is -2.33. The Labute approximate surface area is 58.4 Å². The molecule has 0 spiro atoms. The first-order valence-corrected chi connectivity index (χ1v) is 3.86. The zero-order valence-corrected chi connectivity index (χ0v) is 6.90. The number of hydrazine groups is 1. The first-order valence-electron chi connectivity index (χ1n) is 2.33. The van der Waals surface area contributed by atoms with E-state index < -0.39 is 0 Å². The number of nitrogens with zero attached hydrogens (tertiary/aromatic N) is 1. The van der Waals surface area contributed by atoms with Crippen LogP contribution in [0.2, 0.25) is 0 Å². The smallest absolute Gasteiger partial charge is 0.0649 e. The van der Waals surface area contributed by atoms with Crippen LogP contribution in [0.25, 0.3) is 0 Å². The summed E-state index contributed by atoms with van der Waals surface area (Å²) in [6.45, 7) is 3.19. The Balaban J connectivity index is 2.99. The summed E-state index contributed by atoms with van der Waals surface area (Å²) in [7, 11) is 1.93. The molecule has 0 aromatic carbocycles. The van der Waals surface area contributed by atoms with Crippen LogP contribution < -0.4 is 5.43 Å². The molecule has 1 N–H and O–H groups in total. The number of halogens is 1. The van der Waals surface area contributed by atoms with Crippen molar-refractivity contribution in [2.45, 2.75) is 6.92 Å². The van der Waals surface area contributed by atoms with E-state index in [9.17, 15) is 0 Å². The number of hydrogen-bond donors (Lipinski definition) is 1. The third kappa shape index (κ3) is 3.25. The Morgan fingerprint density at radius 3 is 2.29 bits per heavy atom. The summed E-state index contributed by atoms with van der Waals surface area (Å²) in [5, 5.41) is 2.11. The van der Waals surface area contributed by atoms with Gasteiger partial charge in [-0.15, -0.1) is 0 Å². The minimum absolute atomic E-state index is 1.05. The van der Waals surface area contributed by atoms with Crippen molar-refractivity contribution in [3.8, 4) is 0 Å². The average Bonchev–Trinajstić information content (AvgIpc) is 1.72. The van der Waals surface area contributed by atoms with Gasteiger partial charge in [-0.05, 0) is 7.05 Å². The van der Waals surface area contributed by atoms with Gasteiger partial charge in [0.15, 0.2) is 0 Å². The fraction of sp³-hybridized carbons (Fsp3) is 1.00. The molecule has 0 saturated heterocycles. The Morgan fingerprint density at radius 1 is 1.71 bits per heavy atom. The van der Waals surface area contributed by atoms with Crippen LogP contribution in [0.4, 0.5) is 0 Å². The third-order valence-corrected chi connectivity index (χ3v) is 1.67. The summed E-state index contributed by atoms with van der Waals surface area (Å²) in [6, 6.07) is 0. The van der Waals surface area contributed by atoms with Crippen molar-refractivity contribution >= 4 is 22.6 Å². The van der Waals surface area contributed by atoms with E-state index >= 15 is 0 Å². The molecule has 0 bridgehead atoms. The molecule has 0 aromatic rings. The highest BCUT2D eigenvalue weighted by Crippen LogP contribution is 1.85. The van der Waals surface area contributed by atoms with Gasteiger partial charge in [-0.1, -0.05) is 29.5 Å². The highest BCUT2D eigenvalue weighted by atomic mass is 127. The first kappa shape index (κ1) is 7.65. The largest absolute Gasteiger partial charge is 0.258 e. The van der Waals surface area contributed by atoms with E-state index in [1.165, 1.54) is 0 Å². The second-order valence-electron chi connectivity index (χ2n) is 1.20. The zero-order valence-electron chi connectivity index (χ0n) is 4.74. The molecule has 0 atom stereocenters. The van der Waals surface area contributed by atoms with Gasteiger partial charge >= 0.3 is 0 Å². The Bertz CT molecular complexity index is 31.2. The van der Waals surface area contributed by atoms with Crippen LogP contribution in [0.5, 0.6) is 0 Å². The molecule has 7 heavy (non-hydrogen) atoms. The van der Waals surface area contributed by atoms with Crippen molar-refractivity contribution < 1.29 is 0 Å². The van der Waals surface area contributed by atoms with Crippen LogP contribution in [0.3, 0.4) is 0 Å². The molecule has 0 aromatic heterocycles. The van der Waals surface area contributed by atoms with Gasteiger partial charge < -0.3 is 0 Å². The molecule has 0 aliphatic carbocycles. The monoisotopic (exact) mass is 214 g/mol. The lowest BCUT2D eigenvalue weighted by molar-refractivity contribution is 0.269. The minimum Gasteiger partial charge on any atom is -0.258 e. The Hall–Kier alpha value is 0.650. The van der Waals surface area contributed by atoms with Crippen LogP contribution >= 0.6 is 22.6 Å². The van der Waals surface area contributed by atoms with E-state index in [4.69, 9.17) is 0 Å². The maximum Gasteiger partial charge on any atom is 0.0649 e. The van der Waals surface area contributed by atoms with E-state index in [-0.39, 0.29) is 0 Å². The normalized spacial score (nSPS) is 10.3. The maximum absolute atomic E-state index is 3.03. The fourth-order valence-electron chi connectivity index (χ4n) is 0.302. The topological polar surface area (TPSA) is 15.3 Å². The second kappa shape index (κ2) is 4.80. The standard InChI is InChI=1S/C4H11IN2/c1-3-7(4-5)6-2/h6H,3-4H2,1-2H3. The Morgan fingerprint density at radius 2 is 2.29 bits per heavy atom. The van der Waals surface area contributed by atoms with Gasteiger partial charge in [0.25, 0.3) is 0 Å². The molecule has 0 unspecified atom stereocenters. The van der Waals surface area contributed by atoms with Crippen molar-refractivity contribution in [2.24, 2.45) is 0 Å². The van der Waals surface area contributed by atoms with Crippen LogP contribution in [0.1, 0.15) is 6.92 Å². The zero-order chi connectivity index (χ0) is 5.70. The number of nitrogens with one attached hydrogen (secondary N) is 1. The average molecular weight is 214 g/mol. The summed E-state index contributed by atoms with van der Waals surface area (Å²) >= 11 is 2.31. The van der Waals surface area contributed by atoms with Crippen LogP contribution in [0.15, 0.2) is 0 Å².